The lowest BCUT2D eigenvalue weighted by molar-refractivity contribution is -0.139. The van der Waals surface area contributed by atoms with Crippen molar-refractivity contribution in [3.8, 4) is 5.75 Å². The van der Waals surface area contributed by atoms with E-state index in [1.165, 1.54) is 0 Å². The Morgan fingerprint density at radius 3 is 2.64 bits per heavy atom. The van der Waals surface area contributed by atoms with E-state index in [-0.39, 0.29) is 25.0 Å². The normalized spacial score (nSPS) is 22.5. The van der Waals surface area contributed by atoms with Gasteiger partial charge in [0.25, 0.3) is 0 Å². The second-order valence-electron chi connectivity index (χ2n) is 8.57. The standard InChI is InChI=1S/C25H30ClNO6/c1-3-16-7-8-20(32-15-24(30)31)19(11-16)22-14-25(2,27-23(29)9-10-28)13-21(33-22)17-5-4-6-18(26)12-17/h4-8,11-12,21-22,28H,3,9-10,13-15H2,1-2H3,(H,27,29)(H,30,31)/t21-,22+,25-/m0/s1. The third-order valence-corrected chi connectivity index (χ3v) is 6.02. The summed E-state index contributed by atoms with van der Waals surface area (Å²) in [6, 6.07) is 13.1. The SMILES string of the molecule is CCc1ccc(OCC(=O)O)c([C@H]2C[C@@](C)(NC(=O)CCO)C[C@@H](c3cccc(Cl)c3)O2)c1. The van der Waals surface area contributed by atoms with Crippen molar-refractivity contribution in [1.29, 1.82) is 0 Å². The molecule has 2 aromatic carbocycles. The number of halogens is 1. The zero-order valence-corrected chi connectivity index (χ0v) is 19.6. The van der Waals surface area contributed by atoms with Crippen LogP contribution in [0.4, 0.5) is 0 Å². The number of amides is 1. The van der Waals surface area contributed by atoms with E-state index in [1.807, 2.05) is 44.2 Å². The van der Waals surface area contributed by atoms with Gasteiger partial charge in [0, 0.05) is 35.4 Å². The van der Waals surface area contributed by atoms with Crippen LogP contribution < -0.4 is 10.1 Å². The first-order chi connectivity index (χ1) is 15.7. The third-order valence-electron chi connectivity index (χ3n) is 5.78. The smallest absolute Gasteiger partial charge is 0.341 e. The van der Waals surface area contributed by atoms with Crippen LogP contribution >= 0.6 is 11.6 Å². The maximum atomic E-state index is 12.4. The molecule has 178 valence electrons. The number of aryl methyl sites for hydroxylation is 1. The number of aliphatic hydroxyl groups is 1. The monoisotopic (exact) mass is 475 g/mol. The van der Waals surface area contributed by atoms with E-state index in [1.54, 1.807) is 12.1 Å². The molecule has 33 heavy (non-hydrogen) atoms. The molecule has 8 heteroatoms. The second-order valence-corrected chi connectivity index (χ2v) is 9.00. The Balaban J connectivity index is 2.00. The molecule has 0 saturated carbocycles. The predicted molar refractivity (Wildman–Crippen MR) is 124 cm³/mol. The first-order valence-electron chi connectivity index (χ1n) is 11.0. The van der Waals surface area contributed by atoms with Gasteiger partial charge < -0.3 is 25.0 Å². The highest BCUT2D eigenvalue weighted by Gasteiger charge is 2.41. The highest BCUT2D eigenvalue weighted by molar-refractivity contribution is 6.30. The van der Waals surface area contributed by atoms with Gasteiger partial charge in [0.2, 0.25) is 5.91 Å². The molecule has 1 aliphatic heterocycles. The zero-order chi connectivity index (χ0) is 24.0. The summed E-state index contributed by atoms with van der Waals surface area (Å²) in [5.74, 6) is -0.867. The van der Waals surface area contributed by atoms with Crippen LogP contribution in [0.25, 0.3) is 0 Å². The molecule has 1 saturated heterocycles. The molecule has 1 amide bonds. The summed E-state index contributed by atoms with van der Waals surface area (Å²) in [6.45, 7) is 3.29. The van der Waals surface area contributed by atoms with Gasteiger partial charge >= 0.3 is 5.97 Å². The molecule has 0 bridgehead atoms. The van der Waals surface area contributed by atoms with Crippen molar-refractivity contribution in [2.75, 3.05) is 13.2 Å². The fraction of sp³-hybridized carbons (Fsp3) is 0.440. The zero-order valence-electron chi connectivity index (χ0n) is 18.8. The largest absolute Gasteiger partial charge is 0.482 e. The predicted octanol–water partition coefficient (Wildman–Crippen LogP) is 4.22. The van der Waals surface area contributed by atoms with E-state index in [2.05, 4.69) is 5.32 Å². The Bertz CT molecular complexity index is 997. The van der Waals surface area contributed by atoms with Gasteiger partial charge in [-0.05, 0) is 48.7 Å². The number of aliphatic hydroxyl groups excluding tert-OH is 1. The van der Waals surface area contributed by atoms with Gasteiger partial charge in [-0.1, -0.05) is 36.7 Å². The van der Waals surface area contributed by atoms with E-state index in [0.717, 1.165) is 23.1 Å². The molecule has 7 nitrogen and oxygen atoms in total. The summed E-state index contributed by atoms with van der Waals surface area (Å²) in [6.07, 6.45) is 0.956. The summed E-state index contributed by atoms with van der Waals surface area (Å²) in [5, 5.41) is 21.9. The van der Waals surface area contributed by atoms with Crippen molar-refractivity contribution in [2.24, 2.45) is 0 Å². The minimum Gasteiger partial charge on any atom is -0.482 e. The average Bonchev–Trinajstić information content (AvgIpc) is 2.77. The summed E-state index contributed by atoms with van der Waals surface area (Å²) in [4.78, 5) is 23.5. The number of nitrogens with one attached hydrogen (secondary N) is 1. The molecule has 0 spiro atoms. The molecular formula is C25H30ClNO6. The van der Waals surface area contributed by atoms with E-state index in [4.69, 9.17) is 26.2 Å². The van der Waals surface area contributed by atoms with Gasteiger partial charge in [0.15, 0.2) is 6.61 Å². The van der Waals surface area contributed by atoms with E-state index < -0.39 is 24.2 Å². The van der Waals surface area contributed by atoms with Crippen LogP contribution in [-0.4, -0.2) is 40.8 Å². The molecule has 1 aliphatic rings. The number of ether oxygens (including phenoxy) is 2. The average molecular weight is 476 g/mol. The maximum Gasteiger partial charge on any atom is 0.341 e. The van der Waals surface area contributed by atoms with Gasteiger partial charge in [-0.3, -0.25) is 4.79 Å². The highest BCUT2D eigenvalue weighted by atomic mass is 35.5. The van der Waals surface area contributed by atoms with Crippen LogP contribution in [0.2, 0.25) is 5.02 Å². The van der Waals surface area contributed by atoms with Crippen molar-refractivity contribution >= 4 is 23.5 Å². The van der Waals surface area contributed by atoms with Gasteiger partial charge in [-0.15, -0.1) is 0 Å². The number of carboxylic acids is 1. The molecule has 0 radical (unpaired) electrons. The Labute approximate surface area is 198 Å². The van der Waals surface area contributed by atoms with Crippen LogP contribution in [0.1, 0.15) is 62.0 Å². The molecule has 1 fully saturated rings. The highest BCUT2D eigenvalue weighted by Crippen LogP contribution is 2.46. The Hall–Kier alpha value is -2.61. The maximum absolute atomic E-state index is 12.4. The number of carbonyl (C=O) groups excluding carboxylic acids is 1. The summed E-state index contributed by atoms with van der Waals surface area (Å²) in [5.41, 5.74) is 2.06. The van der Waals surface area contributed by atoms with Gasteiger partial charge in [-0.2, -0.15) is 0 Å². The van der Waals surface area contributed by atoms with Gasteiger partial charge in [-0.25, -0.2) is 4.79 Å². The molecular weight excluding hydrogens is 446 g/mol. The van der Waals surface area contributed by atoms with Crippen molar-refractivity contribution in [2.45, 2.75) is 57.3 Å². The number of aliphatic carboxylic acids is 1. The summed E-state index contributed by atoms with van der Waals surface area (Å²) >= 11 is 6.22. The van der Waals surface area contributed by atoms with Gasteiger partial charge in [0.05, 0.1) is 18.8 Å². The van der Waals surface area contributed by atoms with Crippen molar-refractivity contribution in [3.63, 3.8) is 0 Å². The number of carboxylic acid groups (broad SMARTS) is 1. The van der Waals surface area contributed by atoms with Crippen LogP contribution in [0, 0.1) is 0 Å². The molecule has 0 aromatic heterocycles. The van der Waals surface area contributed by atoms with Crippen molar-refractivity contribution < 1.29 is 29.3 Å². The number of benzene rings is 2. The van der Waals surface area contributed by atoms with Crippen LogP contribution in [0.15, 0.2) is 42.5 Å². The first-order valence-corrected chi connectivity index (χ1v) is 11.4. The first kappa shape index (κ1) is 25.0. The van der Waals surface area contributed by atoms with E-state index >= 15 is 0 Å². The number of rotatable bonds is 9. The fourth-order valence-corrected chi connectivity index (χ4v) is 4.42. The fourth-order valence-electron chi connectivity index (χ4n) is 4.23. The van der Waals surface area contributed by atoms with Gasteiger partial charge in [0.1, 0.15) is 5.75 Å². The lowest BCUT2D eigenvalue weighted by atomic mass is 9.81. The Morgan fingerprint density at radius 2 is 1.97 bits per heavy atom. The number of hydrogen-bond donors (Lipinski definition) is 3. The van der Waals surface area contributed by atoms with Crippen LogP contribution in [0.3, 0.4) is 0 Å². The summed E-state index contributed by atoms with van der Waals surface area (Å²) < 4.78 is 12.1. The molecule has 2 aromatic rings. The molecule has 1 heterocycles. The van der Waals surface area contributed by atoms with Crippen LogP contribution in [-0.2, 0) is 20.7 Å². The summed E-state index contributed by atoms with van der Waals surface area (Å²) in [7, 11) is 0. The molecule has 3 rings (SSSR count). The minimum absolute atomic E-state index is 0.0151. The molecule has 3 N–H and O–H groups in total. The number of hydrogen-bond acceptors (Lipinski definition) is 5. The quantitative estimate of drug-likeness (QED) is 0.501. The lowest BCUT2D eigenvalue weighted by Gasteiger charge is -2.43. The van der Waals surface area contributed by atoms with Crippen LogP contribution in [0.5, 0.6) is 5.75 Å². The third kappa shape index (κ3) is 6.69. The number of carbonyl (C=O) groups is 2. The lowest BCUT2D eigenvalue weighted by Crippen LogP contribution is -2.51. The second kappa shape index (κ2) is 11.0. The molecule has 0 aliphatic carbocycles. The minimum atomic E-state index is -1.07. The van der Waals surface area contributed by atoms with Crippen molar-refractivity contribution in [1.82, 2.24) is 5.32 Å². The molecule has 3 atom stereocenters. The topological polar surface area (TPSA) is 105 Å². The Morgan fingerprint density at radius 1 is 1.21 bits per heavy atom. The van der Waals surface area contributed by atoms with Crippen molar-refractivity contribution in [3.05, 3.63) is 64.2 Å². The van der Waals surface area contributed by atoms with E-state index in [9.17, 15) is 14.7 Å². The van der Waals surface area contributed by atoms with E-state index in [0.29, 0.717) is 23.6 Å². The molecule has 0 unspecified atom stereocenters. The Kier molecular flexibility index (Phi) is 8.35.